The van der Waals surface area contributed by atoms with Gasteiger partial charge < -0.3 is 5.32 Å². The molecule has 0 spiro atoms. The van der Waals surface area contributed by atoms with Crippen molar-refractivity contribution in [1.29, 1.82) is 0 Å². The average molecular weight is 237 g/mol. The van der Waals surface area contributed by atoms with Crippen LogP contribution in [0, 0.1) is 0 Å². The Morgan fingerprint density at radius 1 is 0.800 bits per heavy atom. The van der Waals surface area contributed by atoms with Crippen molar-refractivity contribution < 1.29 is 12.6 Å². The Bertz CT molecular complexity index is 185. The van der Waals surface area contributed by atoms with Crippen LogP contribution in [0.1, 0.15) is 52.4 Å². The number of unbranched alkanes of at least 4 members (excludes halogenated alkanes) is 4. The monoisotopic (exact) mass is 237 g/mol. The van der Waals surface area contributed by atoms with Crippen LogP contribution in [0.2, 0.25) is 0 Å². The fourth-order valence-electron chi connectivity index (χ4n) is 1.16. The van der Waals surface area contributed by atoms with Crippen molar-refractivity contribution >= 4 is 10.6 Å². The summed E-state index contributed by atoms with van der Waals surface area (Å²) in [5.74, 6) is 0. The standard InChI is InChI=1S/C10H23N.O3S/c1-3-5-6-7-8-10-11-9-4-2;1-4(2)3/h11H,3-10H2,1-2H3;. The van der Waals surface area contributed by atoms with Crippen LogP contribution < -0.4 is 5.32 Å². The highest BCUT2D eigenvalue weighted by Crippen LogP contribution is 2.00. The molecule has 0 rings (SSSR count). The third kappa shape index (κ3) is 31.7. The largest absolute Gasteiger partial charge is 0.425 e. The predicted molar refractivity (Wildman–Crippen MR) is 61.6 cm³/mol. The molecular formula is C10H23NO3S. The van der Waals surface area contributed by atoms with Crippen molar-refractivity contribution in [3.8, 4) is 0 Å². The molecule has 5 heteroatoms. The summed E-state index contributed by atoms with van der Waals surface area (Å²) in [7, 11) is -3.11. The molecule has 4 nitrogen and oxygen atoms in total. The van der Waals surface area contributed by atoms with Crippen LogP contribution in [-0.4, -0.2) is 25.7 Å². The molecule has 0 aliphatic carbocycles. The van der Waals surface area contributed by atoms with Crippen LogP contribution >= 0.6 is 0 Å². The maximum absolute atomic E-state index is 8.44. The quantitative estimate of drug-likeness (QED) is 0.655. The molecule has 15 heavy (non-hydrogen) atoms. The highest BCUT2D eigenvalue weighted by Gasteiger charge is 1.87. The van der Waals surface area contributed by atoms with Gasteiger partial charge in [-0.1, -0.05) is 39.5 Å². The molecule has 0 atom stereocenters. The van der Waals surface area contributed by atoms with Crippen LogP contribution in [0.4, 0.5) is 0 Å². The topological polar surface area (TPSA) is 63.2 Å². The Balaban J connectivity index is 0. The number of hydrogen-bond donors (Lipinski definition) is 1. The molecule has 0 aliphatic rings. The molecule has 0 aromatic carbocycles. The minimum Gasteiger partial charge on any atom is -0.317 e. The average Bonchev–Trinajstić information content (AvgIpc) is 2.16. The van der Waals surface area contributed by atoms with Crippen molar-refractivity contribution in [3.63, 3.8) is 0 Å². The zero-order valence-corrected chi connectivity index (χ0v) is 10.6. The molecule has 0 saturated heterocycles. The van der Waals surface area contributed by atoms with E-state index in [2.05, 4.69) is 19.2 Å². The summed E-state index contributed by atoms with van der Waals surface area (Å²) in [5, 5.41) is 3.41. The maximum Gasteiger partial charge on any atom is 0.425 e. The summed E-state index contributed by atoms with van der Waals surface area (Å²) in [5.41, 5.74) is 0. The summed E-state index contributed by atoms with van der Waals surface area (Å²) in [6, 6.07) is 0. The number of rotatable bonds is 8. The molecule has 0 aliphatic heterocycles. The molecule has 0 aromatic heterocycles. The van der Waals surface area contributed by atoms with Crippen LogP contribution in [0.25, 0.3) is 0 Å². The normalized spacial score (nSPS) is 9.20. The van der Waals surface area contributed by atoms with Gasteiger partial charge in [-0.05, 0) is 25.9 Å². The van der Waals surface area contributed by atoms with Gasteiger partial charge in [-0.3, -0.25) is 0 Å². The zero-order valence-electron chi connectivity index (χ0n) is 9.79. The second kappa shape index (κ2) is 16.0. The summed E-state index contributed by atoms with van der Waals surface area (Å²) < 4.78 is 25.3. The minimum absolute atomic E-state index is 1.19. The van der Waals surface area contributed by atoms with Gasteiger partial charge in [0.15, 0.2) is 0 Å². The van der Waals surface area contributed by atoms with Gasteiger partial charge in [0, 0.05) is 0 Å². The maximum atomic E-state index is 8.44. The third-order valence-corrected chi connectivity index (χ3v) is 1.88. The Labute approximate surface area is 94.5 Å². The predicted octanol–water partition coefficient (Wildman–Crippen LogP) is 1.95. The molecular weight excluding hydrogens is 214 g/mol. The molecule has 0 unspecified atom stereocenters. The first-order valence-electron chi connectivity index (χ1n) is 5.62. The van der Waals surface area contributed by atoms with Crippen LogP contribution in [-0.2, 0) is 10.6 Å². The van der Waals surface area contributed by atoms with E-state index in [9.17, 15) is 0 Å². The fraction of sp³-hybridized carbons (Fsp3) is 1.00. The molecule has 0 aromatic rings. The SMILES string of the molecule is CCCCCCCNCCC.O=S(=O)=O. The highest BCUT2D eigenvalue weighted by atomic mass is 32.2. The van der Waals surface area contributed by atoms with Gasteiger partial charge in [0.2, 0.25) is 0 Å². The third-order valence-electron chi connectivity index (χ3n) is 1.88. The Morgan fingerprint density at radius 3 is 1.80 bits per heavy atom. The summed E-state index contributed by atoms with van der Waals surface area (Å²) >= 11 is 0. The van der Waals surface area contributed by atoms with Gasteiger partial charge in [0.05, 0.1) is 0 Å². The second-order valence-electron chi connectivity index (χ2n) is 3.37. The Kier molecular flexibility index (Phi) is 18.2. The van der Waals surface area contributed by atoms with Crippen molar-refractivity contribution in [2.45, 2.75) is 52.4 Å². The lowest BCUT2D eigenvalue weighted by molar-refractivity contribution is 0.559. The summed E-state index contributed by atoms with van der Waals surface area (Å²) in [4.78, 5) is 0. The molecule has 0 heterocycles. The molecule has 1 N–H and O–H groups in total. The zero-order chi connectivity index (χ0) is 11.9. The van der Waals surface area contributed by atoms with Crippen molar-refractivity contribution in [3.05, 3.63) is 0 Å². The van der Waals surface area contributed by atoms with Gasteiger partial charge in [-0.15, -0.1) is 12.6 Å². The van der Waals surface area contributed by atoms with E-state index in [-0.39, 0.29) is 0 Å². The molecule has 0 amide bonds. The lowest BCUT2D eigenvalue weighted by atomic mass is 10.1. The smallest absolute Gasteiger partial charge is 0.317 e. The van der Waals surface area contributed by atoms with Crippen LogP contribution in [0.15, 0.2) is 0 Å². The first-order valence-corrected chi connectivity index (χ1v) is 6.62. The molecule has 0 radical (unpaired) electrons. The van der Waals surface area contributed by atoms with Gasteiger partial charge in [-0.2, -0.15) is 0 Å². The van der Waals surface area contributed by atoms with E-state index in [1.165, 1.54) is 51.6 Å². The van der Waals surface area contributed by atoms with Crippen LogP contribution in [0.3, 0.4) is 0 Å². The van der Waals surface area contributed by atoms with E-state index in [0.717, 1.165) is 0 Å². The lowest BCUT2D eigenvalue weighted by Gasteiger charge is -2.01. The first kappa shape index (κ1) is 17.0. The van der Waals surface area contributed by atoms with Gasteiger partial charge in [0.1, 0.15) is 0 Å². The Hall–Kier alpha value is -0.420. The molecule has 92 valence electrons. The lowest BCUT2D eigenvalue weighted by Crippen LogP contribution is -2.15. The van der Waals surface area contributed by atoms with E-state index < -0.39 is 10.6 Å². The van der Waals surface area contributed by atoms with Gasteiger partial charge in [0.25, 0.3) is 0 Å². The van der Waals surface area contributed by atoms with Gasteiger partial charge in [-0.25, -0.2) is 0 Å². The van der Waals surface area contributed by atoms with E-state index in [1.54, 1.807) is 0 Å². The van der Waals surface area contributed by atoms with Crippen molar-refractivity contribution in [2.24, 2.45) is 0 Å². The molecule has 0 saturated carbocycles. The van der Waals surface area contributed by atoms with Crippen molar-refractivity contribution in [1.82, 2.24) is 5.32 Å². The molecule has 0 fully saturated rings. The van der Waals surface area contributed by atoms with E-state index >= 15 is 0 Å². The van der Waals surface area contributed by atoms with Crippen molar-refractivity contribution in [2.75, 3.05) is 13.1 Å². The fourth-order valence-corrected chi connectivity index (χ4v) is 1.16. The molecule has 0 bridgehead atoms. The van der Waals surface area contributed by atoms with E-state index in [1.807, 2.05) is 0 Å². The van der Waals surface area contributed by atoms with E-state index in [4.69, 9.17) is 12.6 Å². The Morgan fingerprint density at radius 2 is 1.33 bits per heavy atom. The summed E-state index contributed by atoms with van der Waals surface area (Å²) in [6.07, 6.45) is 8.21. The number of nitrogens with one attached hydrogen (secondary N) is 1. The van der Waals surface area contributed by atoms with Crippen LogP contribution in [0.5, 0.6) is 0 Å². The van der Waals surface area contributed by atoms with Gasteiger partial charge >= 0.3 is 10.6 Å². The van der Waals surface area contributed by atoms with E-state index in [0.29, 0.717) is 0 Å². The first-order chi connectivity index (χ1) is 7.15. The highest BCUT2D eigenvalue weighted by molar-refractivity contribution is 7.59. The minimum atomic E-state index is -3.11. The second-order valence-corrected chi connectivity index (χ2v) is 3.78. The number of hydrogen-bond acceptors (Lipinski definition) is 4. The summed E-state index contributed by atoms with van der Waals surface area (Å²) in [6.45, 7) is 6.88.